The van der Waals surface area contributed by atoms with Crippen molar-refractivity contribution in [3.05, 3.63) is 24.2 Å². The summed E-state index contributed by atoms with van der Waals surface area (Å²) in [4.78, 5) is 2.31. The monoisotopic (exact) mass is 300 g/mol. The van der Waals surface area contributed by atoms with Gasteiger partial charge in [-0.25, -0.2) is 13.1 Å². The first-order valence-corrected chi connectivity index (χ1v) is 8.70. The predicted molar refractivity (Wildman–Crippen MR) is 73.6 cm³/mol. The van der Waals surface area contributed by atoms with Crippen LogP contribution >= 0.6 is 0 Å². The molecule has 0 amide bonds. The number of nitrogens with zero attached hydrogens (tertiary/aromatic N) is 1. The van der Waals surface area contributed by atoms with Gasteiger partial charge in [0.1, 0.15) is 5.76 Å². The number of fused-ring (bicyclic) bond motifs is 1. The summed E-state index contributed by atoms with van der Waals surface area (Å²) in [5.74, 6) is 1.64. The lowest BCUT2D eigenvalue weighted by Crippen LogP contribution is -2.49. The lowest BCUT2D eigenvalue weighted by atomic mass is 9.88. The quantitative estimate of drug-likeness (QED) is 0.864. The Kier molecular flexibility index (Phi) is 3.85. The molecule has 6 nitrogen and oxygen atoms in total. The van der Waals surface area contributed by atoms with Gasteiger partial charge in [-0.15, -0.1) is 0 Å². The van der Waals surface area contributed by atoms with Crippen molar-refractivity contribution in [3.8, 4) is 0 Å². The van der Waals surface area contributed by atoms with E-state index in [0.717, 1.165) is 25.4 Å². The molecule has 3 heterocycles. The summed E-state index contributed by atoms with van der Waals surface area (Å²) in [6.45, 7) is 3.74. The maximum absolute atomic E-state index is 11.4. The van der Waals surface area contributed by atoms with Gasteiger partial charge >= 0.3 is 0 Å². The first-order valence-electron chi connectivity index (χ1n) is 6.81. The number of hydrogen-bond acceptors (Lipinski definition) is 5. The molecule has 0 unspecified atom stereocenters. The third-order valence-electron chi connectivity index (χ3n) is 4.04. The van der Waals surface area contributed by atoms with E-state index in [9.17, 15) is 8.42 Å². The van der Waals surface area contributed by atoms with Crippen molar-refractivity contribution < 1.29 is 17.6 Å². The zero-order valence-electron chi connectivity index (χ0n) is 11.5. The fraction of sp³-hybridized carbons (Fsp3) is 0.692. The van der Waals surface area contributed by atoms with Gasteiger partial charge in [-0.3, -0.25) is 4.90 Å². The Morgan fingerprint density at radius 1 is 1.40 bits per heavy atom. The fourth-order valence-corrected chi connectivity index (χ4v) is 4.03. The van der Waals surface area contributed by atoms with Crippen LogP contribution in [0.15, 0.2) is 22.8 Å². The van der Waals surface area contributed by atoms with E-state index >= 15 is 0 Å². The van der Waals surface area contributed by atoms with Crippen LogP contribution in [0.3, 0.4) is 0 Å². The summed E-state index contributed by atoms with van der Waals surface area (Å²) in [6, 6.07) is 3.73. The van der Waals surface area contributed by atoms with Crippen LogP contribution in [-0.4, -0.2) is 51.9 Å². The van der Waals surface area contributed by atoms with Crippen LogP contribution in [0.25, 0.3) is 0 Å². The summed E-state index contributed by atoms with van der Waals surface area (Å²) in [5.41, 5.74) is 0. The first-order chi connectivity index (χ1) is 9.51. The van der Waals surface area contributed by atoms with Crippen molar-refractivity contribution in [3.63, 3.8) is 0 Å². The van der Waals surface area contributed by atoms with Gasteiger partial charge in [-0.05, 0) is 18.1 Å². The van der Waals surface area contributed by atoms with Crippen molar-refractivity contribution >= 4 is 10.0 Å². The van der Waals surface area contributed by atoms with Gasteiger partial charge in [0.25, 0.3) is 0 Å². The molecule has 0 radical (unpaired) electrons. The molecule has 1 N–H and O–H groups in total. The molecule has 0 aliphatic carbocycles. The molecule has 0 bridgehead atoms. The molecule has 0 spiro atoms. The number of hydrogen-bond donors (Lipinski definition) is 1. The van der Waals surface area contributed by atoms with E-state index < -0.39 is 10.0 Å². The second-order valence-electron chi connectivity index (χ2n) is 5.73. The summed E-state index contributed by atoms with van der Waals surface area (Å²) in [7, 11) is -3.20. The summed E-state index contributed by atoms with van der Waals surface area (Å²) < 4.78 is 36.5. The molecule has 1 aromatic rings. The highest BCUT2D eigenvalue weighted by Crippen LogP contribution is 2.31. The SMILES string of the molecule is CS(=O)(=O)N[C@@H]1COC[C@H]2CN(Cc3ccco3)C[C@H]21. The van der Waals surface area contributed by atoms with Crippen molar-refractivity contribution in [2.45, 2.75) is 12.6 Å². The Balaban J connectivity index is 1.65. The van der Waals surface area contributed by atoms with Gasteiger partial charge in [0.15, 0.2) is 0 Å². The van der Waals surface area contributed by atoms with E-state index in [2.05, 4.69) is 9.62 Å². The van der Waals surface area contributed by atoms with E-state index in [1.165, 1.54) is 6.26 Å². The number of furan rings is 1. The lowest BCUT2D eigenvalue weighted by Gasteiger charge is -2.32. The maximum atomic E-state index is 11.4. The van der Waals surface area contributed by atoms with Crippen LogP contribution in [-0.2, 0) is 21.3 Å². The van der Waals surface area contributed by atoms with Crippen LogP contribution in [0.1, 0.15) is 5.76 Å². The molecule has 2 aliphatic rings. The summed E-state index contributed by atoms with van der Waals surface area (Å²) in [6.07, 6.45) is 2.88. The van der Waals surface area contributed by atoms with E-state index in [1.54, 1.807) is 6.26 Å². The van der Waals surface area contributed by atoms with Gasteiger partial charge in [-0.1, -0.05) is 0 Å². The van der Waals surface area contributed by atoms with Gasteiger partial charge in [-0.2, -0.15) is 0 Å². The maximum Gasteiger partial charge on any atom is 0.209 e. The molecule has 2 fully saturated rings. The highest BCUT2D eigenvalue weighted by molar-refractivity contribution is 7.88. The molecule has 3 atom stereocenters. The van der Waals surface area contributed by atoms with Crippen LogP contribution in [0, 0.1) is 11.8 Å². The second kappa shape index (κ2) is 5.48. The van der Waals surface area contributed by atoms with E-state index in [-0.39, 0.29) is 6.04 Å². The second-order valence-corrected chi connectivity index (χ2v) is 7.51. The third-order valence-corrected chi connectivity index (χ3v) is 4.77. The smallest absolute Gasteiger partial charge is 0.209 e. The zero-order valence-corrected chi connectivity index (χ0v) is 12.3. The van der Waals surface area contributed by atoms with E-state index in [0.29, 0.717) is 25.0 Å². The van der Waals surface area contributed by atoms with Gasteiger partial charge in [0.2, 0.25) is 10.0 Å². The minimum Gasteiger partial charge on any atom is -0.468 e. The third kappa shape index (κ3) is 3.22. The van der Waals surface area contributed by atoms with Crippen molar-refractivity contribution in [2.24, 2.45) is 11.8 Å². The molecule has 0 saturated carbocycles. The Labute approximate surface area is 119 Å². The van der Waals surface area contributed by atoms with Crippen LogP contribution in [0.4, 0.5) is 0 Å². The van der Waals surface area contributed by atoms with Crippen LogP contribution in [0.2, 0.25) is 0 Å². The Morgan fingerprint density at radius 3 is 2.95 bits per heavy atom. The van der Waals surface area contributed by atoms with Crippen LogP contribution in [0.5, 0.6) is 0 Å². The van der Waals surface area contributed by atoms with Gasteiger partial charge in [0.05, 0.1) is 32.3 Å². The van der Waals surface area contributed by atoms with Gasteiger partial charge < -0.3 is 9.15 Å². The molecule has 2 aliphatic heterocycles. The van der Waals surface area contributed by atoms with Crippen molar-refractivity contribution in [1.82, 2.24) is 9.62 Å². The zero-order chi connectivity index (χ0) is 14.2. The Morgan fingerprint density at radius 2 is 2.25 bits per heavy atom. The standard InChI is InChI=1S/C13H20N2O4S/c1-20(16,17)14-13-9-18-8-10-5-15(7-12(10)13)6-11-3-2-4-19-11/h2-4,10,12-14H,5-9H2,1H3/t10-,12-,13-/m1/s1. The minimum absolute atomic E-state index is 0.120. The van der Waals surface area contributed by atoms with Crippen molar-refractivity contribution in [1.29, 1.82) is 0 Å². The molecule has 3 rings (SSSR count). The van der Waals surface area contributed by atoms with Gasteiger partial charge in [0, 0.05) is 25.0 Å². The molecule has 1 aromatic heterocycles. The molecule has 2 saturated heterocycles. The number of ether oxygens (including phenoxy) is 1. The number of likely N-dealkylation sites (tertiary alicyclic amines) is 1. The summed E-state index contributed by atoms with van der Waals surface area (Å²) in [5, 5.41) is 0. The first kappa shape index (κ1) is 14.1. The lowest BCUT2D eigenvalue weighted by molar-refractivity contribution is 0.0164. The molecule has 112 valence electrons. The molecule has 7 heteroatoms. The topological polar surface area (TPSA) is 71.8 Å². The number of rotatable bonds is 4. The highest BCUT2D eigenvalue weighted by atomic mass is 32.2. The largest absolute Gasteiger partial charge is 0.468 e. The minimum atomic E-state index is -3.20. The fourth-order valence-electron chi connectivity index (χ4n) is 3.24. The number of nitrogens with one attached hydrogen (secondary N) is 1. The Hall–Kier alpha value is -0.890. The molecule has 0 aromatic carbocycles. The van der Waals surface area contributed by atoms with E-state index in [4.69, 9.17) is 9.15 Å². The Bertz CT molecular complexity index is 543. The molecule has 20 heavy (non-hydrogen) atoms. The summed E-state index contributed by atoms with van der Waals surface area (Å²) >= 11 is 0. The van der Waals surface area contributed by atoms with E-state index in [1.807, 2.05) is 12.1 Å². The van der Waals surface area contributed by atoms with Crippen molar-refractivity contribution in [2.75, 3.05) is 32.6 Å². The van der Waals surface area contributed by atoms with Crippen LogP contribution < -0.4 is 4.72 Å². The highest BCUT2D eigenvalue weighted by Gasteiger charge is 2.41. The molecular weight excluding hydrogens is 280 g/mol. The average Bonchev–Trinajstić information content (AvgIpc) is 2.97. The average molecular weight is 300 g/mol. The number of sulfonamides is 1. The predicted octanol–water partition coefficient (Wildman–Crippen LogP) is 0.276. The molecular formula is C13H20N2O4S. The normalized spacial score (nSPS) is 31.4.